The van der Waals surface area contributed by atoms with Gasteiger partial charge < -0.3 is 10.2 Å². The first-order valence-corrected chi connectivity index (χ1v) is 6.65. The Hall–Kier alpha value is -1.10. The van der Waals surface area contributed by atoms with Crippen LogP contribution in [0.4, 0.5) is 4.79 Å². The Morgan fingerprint density at radius 2 is 2.12 bits per heavy atom. The lowest BCUT2D eigenvalue weighted by molar-refractivity contribution is 0.199. The number of amides is 2. The molecule has 1 saturated heterocycles. The molecule has 1 aliphatic heterocycles. The van der Waals surface area contributed by atoms with Crippen LogP contribution in [0.1, 0.15) is 30.7 Å². The standard InChI is InChI=1S/C11H17N3OS/c15-11(13-9-10-12-5-8-16-10)14-6-3-1-2-4-7-14/h5,8H,1-4,6-7,9H2,(H,13,15). The van der Waals surface area contributed by atoms with Crippen molar-refractivity contribution in [2.24, 2.45) is 0 Å². The number of rotatable bonds is 2. The first-order chi connectivity index (χ1) is 7.86. The molecule has 0 unspecified atom stereocenters. The first kappa shape index (κ1) is 11.4. The van der Waals surface area contributed by atoms with Gasteiger partial charge in [-0.3, -0.25) is 0 Å². The molecule has 0 aliphatic carbocycles. The lowest BCUT2D eigenvalue weighted by Crippen LogP contribution is -2.40. The van der Waals surface area contributed by atoms with E-state index in [0.717, 1.165) is 30.9 Å². The van der Waals surface area contributed by atoms with E-state index in [-0.39, 0.29) is 6.03 Å². The number of urea groups is 1. The summed E-state index contributed by atoms with van der Waals surface area (Å²) in [4.78, 5) is 17.9. The molecule has 2 amide bonds. The summed E-state index contributed by atoms with van der Waals surface area (Å²) in [5.74, 6) is 0. The molecule has 2 heterocycles. The van der Waals surface area contributed by atoms with Crippen molar-refractivity contribution in [1.29, 1.82) is 0 Å². The molecular formula is C11H17N3OS. The van der Waals surface area contributed by atoms with Gasteiger partial charge in [0, 0.05) is 24.7 Å². The number of thiazole rings is 1. The van der Waals surface area contributed by atoms with Gasteiger partial charge in [-0.15, -0.1) is 11.3 Å². The van der Waals surface area contributed by atoms with Crippen molar-refractivity contribution in [3.05, 3.63) is 16.6 Å². The maximum atomic E-state index is 11.8. The maximum Gasteiger partial charge on any atom is 0.317 e. The van der Waals surface area contributed by atoms with Crippen LogP contribution >= 0.6 is 11.3 Å². The second-order valence-corrected chi connectivity index (χ2v) is 4.96. The summed E-state index contributed by atoms with van der Waals surface area (Å²) >= 11 is 1.57. The number of aromatic nitrogens is 1. The molecule has 0 radical (unpaired) electrons. The molecule has 1 N–H and O–H groups in total. The predicted molar refractivity (Wildman–Crippen MR) is 64.4 cm³/mol. The zero-order chi connectivity index (χ0) is 11.2. The van der Waals surface area contributed by atoms with Crippen molar-refractivity contribution in [2.45, 2.75) is 32.2 Å². The highest BCUT2D eigenvalue weighted by atomic mass is 32.1. The van der Waals surface area contributed by atoms with Crippen molar-refractivity contribution in [3.8, 4) is 0 Å². The van der Waals surface area contributed by atoms with Gasteiger partial charge in [0.05, 0.1) is 6.54 Å². The smallest absolute Gasteiger partial charge is 0.317 e. The fourth-order valence-corrected chi connectivity index (χ4v) is 2.43. The van der Waals surface area contributed by atoms with Gasteiger partial charge >= 0.3 is 6.03 Å². The summed E-state index contributed by atoms with van der Waals surface area (Å²) in [7, 11) is 0. The molecule has 2 rings (SSSR count). The minimum Gasteiger partial charge on any atom is -0.331 e. The Balaban J connectivity index is 1.78. The van der Waals surface area contributed by atoms with Crippen LogP contribution < -0.4 is 5.32 Å². The molecule has 1 aromatic heterocycles. The SMILES string of the molecule is O=C(NCc1nccs1)N1CCCCCC1. The van der Waals surface area contributed by atoms with Crippen LogP contribution in [0, 0.1) is 0 Å². The Kier molecular flexibility index (Phi) is 4.16. The number of nitrogens with one attached hydrogen (secondary N) is 1. The van der Waals surface area contributed by atoms with Crippen LogP contribution in [0.3, 0.4) is 0 Å². The largest absolute Gasteiger partial charge is 0.331 e. The van der Waals surface area contributed by atoms with E-state index >= 15 is 0 Å². The van der Waals surface area contributed by atoms with Gasteiger partial charge in [0.25, 0.3) is 0 Å². The quantitative estimate of drug-likeness (QED) is 0.860. The van der Waals surface area contributed by atoms with E-state index < -0.39 is 0 Å². The third-order valence-electron chi connectivity index (χ3n) is 2.77. The van der Waals surface area contributed by atoms with E-state index in [1.165, 1.54) is 12.8 Å². The highest BCUT2D eigenvalue weighted by Gasteiger charge is 2.14. The van der Waals surface area contributed by atoms with E-state index in [9.17, 15) is 4.79 Å². The minimum absolute atomic E-state index is 0.0529. The lowest BCUT2D eigenvalue weighted by Gasteiger charge is -2.20. The Labute approximate surface area is 99.7 Å². The Bertz CT molecular complexity index is 318. The second kappa shape index (κ2) is 5.84. The summed E-state index contributed by atoms with van der Waals surface area (Å²) in [6.45, 7) is 2.33. The van der Waals surface area contributed by atoms with Gasteiger partial charge in [-0.2, -0.15) is 0 Å². The van der Waals surface area contributed by atoms with Crippen molar-refractivity contribution >= 4 is 17.4 Å². The summed E-state index contributed by atoms with van der Waals surface area (Å²) in [5.41, 5.74) is 0. The van der Waals surface area contributed by atoms with E-state index in [2.05, 4.69) is 10.3 Å². The molecule has 16 heavy (non-hydrogen) atoms. The number of hydrogen-bond acceptors (Lipinski definition) is 3. The fourth-order valence-electron chi connectivity index (χ4n) is 1.88. The second-order valence-electron chi connectivity index (χ2n) is 3.99. The van der Waals surface area contributed by atoms with Gasteiger partial charge in [0.2, 0.25) is 0 Å². The van der Waals surface area contributed by atoms with Gasteiger partial charge in [0.15, 0.2) is 0 Å². The number of likely N-dealkylation sites (tertiary alicyclic amines) is 1. The van der Waals surface area contributed by atoms with Gasteiger partial charge in [0.1, 0.15) is 5.01 Å². The number of carbonyl (C=O) groups excluding carboxylic acids is 1. The third-order valence-corrected chi connectivity index (χ3v) is 3.55. The third kappa shape index (κ3) is 3.20. The average molecular weight is 239 g/mol. The van der Waals surface area contributed by atoms with E-state index in [4.69, 9.17) is 0 Å². The first-order valence-electron chi connectivity index (χ1n) is 5.77. The summed E-state index contributed by atoms with van der Waals surface area (Å²) < 4.78 is 0. The number of hydrogen-bond donors (Lipinski definition) is 1. The molecule has 0 atom stereocenters. The number of nitrogens with zero attached hydrogens (tertiary/aromatic N) is 2. The summed E-state index contributed by atoms with van der Waals surface area (Å²) in [6, 6.07) is 0.0529. The van der Waals surface area contributed by atoms with E-state index in [1.807, 2.05) is 10.3 Å². The van der Waals surface area contributed by atoms with Gasteiger partial charge in [-0.05, 0) is 12.8 Å². The molecule has 0 saturated carbocycles. The fraction of sp³-hybridized carbons (Fsp3) is 0.636. The van der Waals surface area contributed by atoms with Gasteiger partial charge in [-0.1, -0.05) is 12.8 Å². The molecule has 1 aliphatic rings. The number of carbonyl (C=O) groups is 1. The molecule has 4 nitrogen and oxygen atoms in total. The van der Waals surface area contributed by atoms with Crippen LogP contribution in [0.5, 0.6) is 0 Å². The Morgan fingerprint density at radius 3 is 2.75 bits per heavy atom. The monoisotopic (exact) mass is 239 g/mol. The lowest BCUT2D eigenvalue weighted by atomic mass is 10.2. The van der Waals surface area contributed by atoms with Crippen LogP contribution in [-0.4, -0.2) is 29.0 Å². The average Bonchev–Trinajstić information content (AvgIpc) is 2.66. The van der Waals surface area contributed by atoms with Crippen LogP contribution in [-0.2, 0) is 6.54 Å². The summed E-state index contributed by atoms with van der Waals surface area (Å²) in [5, 5.41) is 5.80. The normalized spacial score (nSPS) is 16.9. The molecule has 0 bridgehead atoms. The van der Waals surface area contributed by atoms with Crippen molar-refractivity contribution < 1.29 is 4.79 Å². The van der Waals surface area contributed by atoms with Crippen LogP contribution in [0.25, 0.3) is 0 Å². The van der Waals surface area contributed by atoms with E-state index in [1.54, 1.807) is 17.5 Å². The molecular weight excluding hydrogens is 222 g/mol. The van der Waals surface area contributed by atoms with Crippen molar-refractivity contribution in [1.82, 2.24) is 15.2 Å². The topological polar surface area (TPSA) is 45.2 Å². The Morgan fingerprint density at radius 1 is 1.38 bits per heavy atom. The predicted octanol–water partition coefficient (Wildman–Crippen LogP) is 2.23. The zero-order valence-corrected chi connectivity index (χ0v) is 10.1. The highest BCUT2D eigenvalue weighted by molar-refractivity contribution is 7.09. The highest BCUT2D eigenvalue weighted by Crippen LogP contribution is 2.10. The van der Waals surface area contributed by atoms with Crippen LogP contribution in [0.2, 0.25) is 0 Å². The minimum atomic E-state index is 0.0529. The zero-order valence-electron chi connectivity index (χ0n) is 9.32. The maximum absolute atomic E-state index is 11.8. The molecule has 5 heteroatoms. The molecule has 1 aromatic rings. The molecule has 0 spiro atoms. The van der Waals surface area contributed by atoms with Crippen molar-refractivity contribution in [2.75, 3.05) is 13.1 Å². The molecule has 0 aromatic carbocycles. The van der Waals surface area contributed by atoms with Crippen LogP contribution in [0.15, 0.2) is 11.6 Å². The molecule has 1 fully saturated rings. The van der Waals surface area contributed by atoms with E-state index in [0.29, 0.717) is 6.54 Å². The summed E-state index contributed by atoms with van der Waals surface area (Å²) in [6.07, 6.45) is 6.51. The van der Waals surface area contributed by atoms with Crippen molar-refractivity contribution in [3.63, 3.8) is 0 Å². The van der Waals surface area contributed by atoms with Gasteiger partial charge in [-0.25, -0.2) is 9.78 Å². The molecule has 88 valence electrons.